The predicted molar refractivity (Wildman–Crippen MR) is 69.5 cm³/mol. The second kappa shape index (κ2) is 4.30. The summed E-state index contributed by atoms with van der Waals surface area (Å²) in [4.78, 5) is 3.98. The first-order chi connectivity index (χ1) is 8.77. The summed E-state index contributed by atoms with van der Waals surface area (Å²) >= 11 is 3.31. The monoisotopic (exact) mass is 305 g/mol. The standard InChI is InChI=1S/C12H8BrN3O2/c13-11-8(3-6-17-11)10-9(12(14)16-18-10)7-1-4-15-5-2-7/h1-6H,(H2,14,16). The summed E-state index contributed by atoms with van der Waals surface area (Å²) in [6.45, 7) is 0. The van der Waals surface area contributed by atoms with Gasteiger partial charge in [0.1, 0.15) is 0 Å². The molecule has 0 unspecified atom stereocenters. The molecule has 0 saturated carbocycles. The number of anilines is 1. The number of halogens is 1. The van der Waals surface area contributed by atoms with Gasteiger partial charge in [-0.15, -0.1) is 0 Å². The maximum atomic E-state index is 5.86. The van der Waals surface area contributed by atoms with Gasteiger partial charge in [-0.25, -0.2) is 0 Å². The van der Waals surface area contributed by atoms with Crippen LogP contribution in [0.4, 0.5) is 5.82 Å². The minimum absolute atomic E-state index is 0.337. The number of aromatic nitrogens is 2. The molecule has 6 heteroatoms. The van der Waals surface area contributed by atoms with E-state index in [9.17, 15) is 0 Å². The molecule has 0 aliphatic rings. The van der Waals surface area contributed by atoms with Gasteiger partial charge < -0.3 is 14.7 Å². The van der Waals surface area contributed by atoms with Crippen LogP contribution in [0.3, 0.4) is 0 Å². The molecule has 0 amide bonds. The van der Waals surface area contributed by atoms with Crippen LogP contribution in [0.15, 0.2) is 50.5 Å². The van der Waals surface area contributed by atoms with Crippen LogP contribution in [0.25, 0.3) is 22.5 Å². The zero-order chi connectivity index (χ0) is 12.5. The smallest absolute Gasteiger partial charge is 0.181 e. The van der Waals surface area contributed by atoms with Crippen molar-refractivity contribution < 1.29 is 8.94 Å². The van der Waals surface area contributed by atoms with Crippen LogP contribution in [0.5, 0.6) is 0 Å². The third-order valence-corrected chi connectivity index (χ3v) is 3.16. The Morgan fingerprint density at radius 3 is 2.61 bits per heavy atom. The van der Waals surface area contributed by atoms with E-state index in [2.05, 4.69) is 26.1 Å². The highest BCUT2D eigenvalue weighted by molar-refractivity contribution is 9.10. The van der Waals surface area contributed by atoms with E-state index in [1.54, 1.807) is 24.7 Å². The molecule has 2 N–H and O–H groups in total. The molecule has 0 saturated heterocycles. The van der Waals surface area contributed by atoms with Crippen molar-refractivity contribution >= 4 is 21.7 Å². The number of hydrogen-bond donors (Lipinski definition) is 1. The number of nitrogens with two attached hydrogens (primary N) is 1. The fourth-order valence-corrected chi connectivity index (χ4v) is 2.16. The zero-order valence-electron chi connectivity index (χ0n) is 9.13. The largest absolute Gasteiger partial charge is 0.457 e. The molecule has 0 aromatic carbocycles. The minimum atomic E-state index is 0.337. The van der Waals surface area contributed by atoms with E-state index in [0.717, 1.165) is 16.7 Å². The molecule has 0 aliphatic heterocycles. The van der Waals surface area contributed by atoms with Crippen molar-refractivity contribution in [3.8, 4) is 22.5 Å². The second-order valence-corrected chi connectivity index (χ2v) is 4.34. The van der Waals surface area contributed by atoms with Gasteiger partial charge in [0, 0.05) is 12.4 Å². The molecular formula is C12H8BrN3O2. The van der Waals surface area contributed by atoms with Crippen LogP contribution < -0.4 is 5.73 Å². The molecule has 0 atom stereocenters. The lowest BCUT2D eigenvalue weighted by Gasteiger charge is -2.00. The molecule has 0 radical (unpaired) electrons. The van der Waals surface area contributed by atoms with Gasteiger partial charge in [-0.1, -0.05) is 5.16 Å². The van der Waals surface area contributed by atoms with Crippen LogP contribution in [-0.4, -0.2) is 10.1 Å². The minimum Gasteiger partial charge on any atom is -0.457 e. The summed E-state index contributed by atoms with van der Waals surface area (Å²) in [5, 5.41) is 3.81. The maximum Gasteiger partial charge on any atom is 0.181 e. The van der Waals surface area contributed by atoms with Crippen molar-refractivity contribution in [2.24, 2.45) is 0 Å². The van der Waals surface area contributed by atoms with E-state index in [-0.39, 0.29) is 0 Å². The zero-order valence-corrected chi connectivity index (χ0v) is 10.7. The highest BCUT2D eigenvalue weighted by Gasteiger charge is 2.20. The first kappa shape index (κ1) is 11.0. The summed E-state index contributed by atoms with van der Waals surface area (Å²) < 4.78 is 11.1. The molecule has 18 heavy (non-hydrogen) atoms. The highest BCUT2D eigenvalue weighted by atomic mass is 79.9. The highest BCUT2D eigenvalue weighted by Crippen LogP contribution is 2.39. The van der Waals surface area contributed by atoms with Crippen LogP contribution in [0.2, 0.25) is 0 Å². The van der Waals surface area contributed by atoms with E-state index in [0.29, 0.717) is 16.2 Å². The van der Waals surface area contributed by atoms with Crippen molar-refractivity contribution in [1.82, 2.24) is 10.1 Å². The van der Waals surface area contributed by atoms with E-state index in [1.807, 2.05) is 12.1 Å². The predicted octanol–water partition coefficient (Wildman–Crippen LogP) is 3.34. The molecule has 0 aliphatic carbocycles. The Kier molecular flexibility index (Phi) is 2.64. The summed E-state index contributed by atoms with van der Waals surface area (Å²) in [5.41, 5.74) is 8.26. The van der Waals surface area contributed by atoms with E-state index in [4.69, 9.17) is 14.7 Å². The summed E-state index contributed by atoms with van der Waals surface area (Å²) in [7, 11) is 0. The lowest BCUT2D eigenvalue weighted by Crippen LogP contribution is -1.88. The van der Waals surface area contributed by atoms with Crippen LogP contribution >= 0.6 is 15.9 Å². The SMILES string of the molecule is Nc1noc(-c2ccoc2Br)c1-c1ccncc1. The van der Waals surface area contributed by atoms with Crippen molar-refractivity contribution in [2.45, 2.75) is 0 Å². The molecule has 0 bridgehead atoms. The molecule has 0 fully saturated rings. The molecule has 0 spiro atoms. The Morgan fingerprint density at radius 1 is 1.17 bits per heavy atom. The fourth-order valence-electron chi connectivity index (χ4n) is 1.74. The molecule has 3 rings (SSSR count). The maximum absolute atomic E-state index is 5.86. The second-order valence-electron chi connectivity index (χ2n) is 3.62. The van der Waals surface area contributed by atoms with Gasteiger partial charge in [0.05, 0.1) is 17.4 Å². The van der Waals surface area contributed by atoms with Gasteiger partial charge in [-0.2, -0.15) is 0 Å². The van der Waals surface area contributed by atoms with E-state index >= 15 is 0 Å². The first-order valence-corrected chi connectivity index (χ1v) is 5.95. The van der Waals surface area contributed by atoms with Crippen molar-refractivity contribution in [2.75, 3.05) is 5.73 Å². The van der Waals surface area contributed by atoms with Crippen molar-refractivity contribution in [1.29, 1.82) is 0 Å². The molecule has 90 valence electrons. The number of rotatable bonds is 2. The summed E-state index contributed by atoms with van der Waals surface area (Å²) in [5.74, 6) is 0.906. The Hall–Kier alpha value is -2.08. The number of pyridine rings is 1. The summed E-state index contributed by atoms with van der Waals surface area (Å²) in [6.07, 6.45) is 4.94. The molecule has 3 aromatic rings. The lowest BCUT2D eigenvalue weighted by molar-refractivity contribution is 0.434. The van der Waals surface area contributed by atoms with Gasteiger partial charge in [0.15, 0.2) is 16.2 Å². The van der Waals surface area contributed by atoms with Gasteiger partial charge in [0.25, 0.3) is 0 Å². The van der Waals surface area contributed by atoms with Crippen LogP contribution in [0.1, 0.15) is 0 Å². The number of hydrogen-bond acceptors (Lipinski definition) is 5. The first-order valence-electron chi connectivity index (χ1n) is 5.16. The van der Waals surface area contributed by atoms with Gasteiger partial charge in [-0.3, -0.25) is 4.98 Å². The van der Waals surface area contributed by atoms with Crippen LogP contribution in [-0.2, 0) is 0 Å². The van der Waals surface area contributed by atoms with Crippen molar-refractivity contribution in [3.05, 3.63) is 41.5 Å². The number of nitrogens with zero attached hydrogens (tertiary/aromatic N) is 2. The van der Waals surface area contributed by atoms with Gasteiger partial charge in [-0.05, 0) is 39.7 Å². The summed E-state index contributed by atoms with van der Waals surface area (Å²) in [6, 6.07) is 5.48. The molecule has 5 nitrogen and oxygen atoms in total. The number of furan rings is 1. The fraction of sp³-hybridized carbons (Fsp3) is 0. The Morgan fingerprint density at radius 2 is 1.94 bits per heavy atom. The Balaban J connectivity index is 2.22. The number of nitrogen functional groups attached to an aromatic ring is 1. The lowest BCUT2D eigenvalue weighted by atomic mass is 10.0. The van der Waals surface area contributed by atoms with Crippen molar-refractivity contribution in [3.63, 3.8) is 0 Å². The molecular weight excluding hydrogens is 298 g/mol. The quantitative estimate of drug-likeness (QED) is 0.785. The average Bonchev–Trinajstić information content (AvgIpc) is 2.96. The van der Waals surface area contributed by atoms with E-state index in [1.165, 1.54) is 0 Å². The molecule has 3 heterocycles. The van der Waals surface area contributed by atoms with Gasteiger partial charge in [0.2, 0.25) is 0 Å². The van der Waals surface area contributed by atoms with Crippen LogP contribution in [0, 0.1) is 0 Å². The molecule has 3 aromatic heterocycles. The third kappa shape index (κ3) is 1.70. The van der Waals surface area contributed by atoms with E-state index < -0.39 is 0 Å². The average molecular weight is 306 g/mol. The normalized spacial score (nSPS) is 10.7. The Bertz CT molecular complexity index is 676. The topological polar surface area (TPSA) is 78.1 Å². The Labute approximate surface area is 111 Å². The third-order valence-electron chi connectivity index (χ3n) is 2.55. The van der Waals surface area contributed by atoms with Gasteiger partial charge >= 0.3 is 0 Å².